The number of imidazole rings is 1. The van der Waals surface area contributed by atoms with Crippen LogP contribution in [0.3, 0.4) is 0 Å². The number of benzene rings is 2. The van der Waals surface area contributed by atoms with Crippen LogP contribution in [-0.2, 0) is 6.54 Å². The highest BCUT2D eigenvalue weighted by molar-refractivity contribution is 6.05. The van der Waals surface area contributed by atoms with Gasteiger partial charge in [-0.15, -0.1) is 0 Å². The lowest BCUT2D eigenvalue weighted by molar-refractivity contribution is 0.669. The van der Waals surface area contributed by atoms with E-state index in [1.165, 1.54) is 0 Å². The third-order valence-corrected chi connectivity index (χ3v) is 3.41. The van der Waals surface area contributed by atoms with E-state index in [1.807, 2.05) is 36.5 Å². The Kier molecular flexibility index (Phi) is 2.45. The van der Waals surface area contributed by atoms with Crippen LogP contribution in [0.2, 0.25) is 0 Å². The summed E-state index contributed by atoms with van der Waals surface area (Å²) >= 11 is 0. The minimum atomic E-state index is 0.724. The topological polar surface area (TPSA) is 53.9 Å². The molecule has 0 aliphatic heterocycles. The summed E-state index contributed by atoms with van der Waals surface area (Å²) in [5, 5.41) is 5.66. The van der Waals surface area contributed by atoms with Gasteiger partial charge in [-0.2, -0.15) is 0 Å². The minimum absolute atomic E-state index is 0.724. The molecule has 0 bridgehead atoms. The van der Waals surface area contributed by atoms with Gasteiger partial charge in [-0.3, -0.25) is 0 Å². The van der Waals surface area contributed by atoms with Gasteiger partial charge in [0, 0.05) is 22.7 Å². The van der Waals surface area contributed by atoms with Gasteiger partial charge in [-0.1, -0.05) is 18.2 Å². The van der Waals surface area contributed by atoms with Crippen molar-refractivity contribution >= 4 is 27.6 Å². The number of nitrogens with zero attached hydrogens (tertiary/aromatic N) is 1. The van der Waals surface area contributed by atoms with Crippen LogP contribution in [0.5, 0.6) is 0 Å². The molecule has 20 heavy (non-hydrogen) atoms. The Bertz CT molecular complexity index is 862. The predicted molar refractivity (Wildman–Crippen MR) is 79.6 cm³/mol. The van der Waals surface area contributed by atoms with Crippen LogP contribution in [-0.4, -0.2) is 9.97 Å². The summed E-state index contributed by atoms with van der Waals surface area (Å²) in [6, 6.07) is 14.3. The molecular weight excluding hydrogens is 250 g/mol. The van der Waals surface area contributed by atoms with Crippen LogP contribution in [0, 0.1) is 0 Å². The van der Waals surface area contributed by atoms with Crippen molar-refractivity contribution in [2.24, 2.45) is 0 Å². The average molecular weight is 263 g/mol. The molecule has 2 N–H and O–H groups in total. The number of aromatic amines is 1. The zero-order valence-corrected chi connectivity index (χ0v) is 10.8. The molecule has 0 saturated heterocycles. The number of hydrogen-bond acceptors (Lipinski definition) is 3. The number of anilines is 1. The molecule has 4 nitrogen and oxygen atoms in total. The number of hydrogen-bond donors (Lipinski definition) is 2. The summed E-state index contributed by atoms with van der Waals surface area (Å²) in [6.45, 7) is 0.724. The van der Waals surface area contributed by atoms with Crippen LogP contribution >= 0.6 is 0 Å². The van der Waals surface area contributed by atoms with E-state index in [0.717, 1.165) is 39.9 Å². The number of rotatable bonds is 3. The second kappa shape index (κ2) is 4.42. The minimum Gasteiger partial charge on any atom is -0.456 e. The second-order valence-electron chi connectivity index (χ2n) is 4.74. The second-order valence-corrected chi connectivity index (χ2v) is 4.74. The fourth-order valence-corrected chi connectivity index (χ4v) is 2.41. The monoisotopic (exact) mass is 263 g/mol. The summed E-state index contributed by atoms with van der Waals surface area (Å²) in [5.74, 6) is 0. The summed E-state index contributed by atoms with van der Waals surface area (Å²) in [4.78, 5) is 7.08. The maximum absolute atomic E-state index is 5.81. The number of aromatic nitrogens is 2. The maximum Gasteiger partial charge on any atom is 0.135 e. The first-order chi connectivity index (χ1) is 9.90. The van der Waals surface area contributed by atoms with Gasteiger partial charge in [-0.25, -0.2) is 4.98 Å². The van der Waals surface area contributed by atoms with E-state index in [0.29, 0.717) is 0 Å². The van der Waals surface area contributed by atoms with E-state index in [1.54, 1.807) is 6.33 Å². The fourth-order valence-electron chi connectivity index (χ4n) is 2.41. The number of H-pyrrole nitrogens is 1. The SMILES string of the molecule is c1ccc2c(c1)oc1ccc(NCc3cnc[nH]3)cc12. The molecule has 98 valence electrons. The van der Waals surface area contributed by atoms with Crippen LogP contribution in [0.1, 0.15) is 5.69 Å². The van der Waals surface area contributed by atoms with Crippen molar-refractivity contribution in [3.05, 3.63) is 60.7 Å². The molecule has 0 unspecified atom stereocenters. The molecule has 2 aromatic heterocycles. The molecule has 0 fully saturated rings. The summed E-state index contributed by atoms with van der Waals surface area (Å²) in [5.41, 5.74) is 3.97. The van der Waals surface area contributed by atoms with E-state index >= 15 is 0 Å². The molecule has 2 aromatic carbocycles. The standard InChI is InChI=1S/C16H13N3O/c1-2-4-15-13(3-1)14-7-11(5-6-16(14)20-15)18-9-12-8-17-10-19-12/h1-8,10,18H,9H2,(H,17,19). The molecule has 4 heteroatoms. The smallest absolute Gasteiger partial charge is 0.135 e. The van der Waals surface area contributed by atoms with Gasteiger partial charge in [0.15, 0.2) is 0 Å². The predicted octanol–water partition coefficient (Wildman–Crippen LogP) is 3.92. The molecule has 4 aromatic rings. The van der Waals surface area contributed by atoms with Crippen molar-refractivity contribution in [2.75, 3.05) is 5.32 Å². The lowest BCUT2D eigenvalue weighted by atomic mass is 10.1. The Morgan fingerprint density at radius 2 is 1.95 bits per heavy atom. The quantitative estimate of drug-likeness (QED) is 0.589. The van der Waals surface area contributed by atoms with Crippen LogP contribution in [0.4, 0.5) is 5.69 Å². The van der Waals surface area contributed by atoms with E-state index < -0.39 is 0 Å². The zero-order valence-electron chi connectivity index (χ0n) is 10.8. The van der Waals surface area contributed by atoms with E-state index in [-0.39, 0.29) is 0 Å². The largest absolute Gasteiger partial charge is 0.456 e. The summed E-state index contributed by atoms with van der Waals surface area (Å²) in [6.07, 6.45) is 3.50. The molecule has 0 spiro atoms. The molecule has 0 aliphatic carbocycles. The molecule has 2 heterocycles. The highest BCUT2D eigenvalue weighted by Crippen LogP contribution is 2.30. The van der Waals surface area contributed by atoms with Crippen molar-refractivity contribution in [1.29, 1.82) is 0 Å². The number of nitrogens with one attached hydrogen (secondary N) is 2. The Morgan fingerprint density at radius 1 is 1.05 bits per heavy atom. The van der Waals surface area contributed by atoms with Crippen molar-refractivity contribution in [1.82, 2.24) is 9.97 Å². The normalized spacial score (nSPS) is 11.2. The van der Waals surface area contributed by atoms with Gasteiger partial charge in [-0.05, 0) is 24.3 Å². The van der Waals surface area contributed by atoms with Crippen LogP contribution < -0.4 is 5.32 Å². The molecule has 0 aliphatic rings. The van der Waals surface area contributed by atoms with Gasteiger partial charge >= 0.3 is 0 Å². The number of fused-ring (bicyclic) bond motifs is 3. The molecule has 4 rings (SSSR count). The molecular formula is C16H13N3O. The highest BCUT2D eigenvalue weighted by atomic mass is 16.3. The number of para-hydroxylation sites is 1. The van der Waals surface area contributed by atoms with E-state index in [2.05, 4.69) is 27.4 Å². The zero-order chi connectivity index (χ0) is 13.4. The third-order valence-electron chi connectivity index (χ3n) is 3.41. The van der Waals surface area contributed by atoms with E-state index in [4.69, 9.17) is 4.42 Å². The van der Waals surface area contributed by atoms with Gasteiger partial charge < -0.3 is 14.7 Å². The van der Waals surface area contributed by atoms with Crippen molar-refractivity contribution < 1.29 is 4.42 Å². The first kappa shape index (κ1) is 11.1. The first-order valence-electron chi connectivity index (χ1n) is 6.52. The Morgan fingerprint density at radius 3 is 2.85 bits per heavy atom. The van der Waals surface area contributed by atoms with Crippen molar-refractivity contribution in [3.8, 4) is 0 Å². The Labute approximate surface area is 115 Å². The first-order valence-corrected chi connectivity index (χ1v) is 6.52. The molecule has 0 amide bonds. The van der Waals surface area contributed by atoms with E-state index in [9.17, 15) is 0 Å². The number of furan rings is 1. The molecule has 0 saturated carbocycles. The third kappa shape index (κ3) is 1.82. The Balaban J connectivity index is 1.72. The lowest BCUT2D eigenvalue weighted by Crippen LogP contribution is -1.99. The molecule has 0 atom stereocenters. The molecule has 0 radical (unpaired) electrons. The average Bonchev–Trinajstić information content (AvgIpc) is 3.12. The van der Waals surface area contributed by atoms with Gasteiger partial charge in [0.25, 0.3) is 0 Å². The fraction of sp³-hybridized carbons (Fsp3) is 0.0625. The van der Waals surface area contributed by atoms with Crippen molar-refractivity contribution in [2.45, 2.75) is 6.54 Å². The summed E-state index contributed by atoms with van der Waals surface area (Å²) in [7, 11) is 0. The van der Waals surface area contributed by atoms with Gasteiger partial charge in [0.05, 0.1) is 18.6 Å². The maximum atomic E-state index is 5.81. The van der Waals surface area contributed by atoms with Gasteiger partial charge in [0.1, 0.15) is 11.2 Å². The van der Waals surface area contributed by atoms with Crippen LogP contribution in [0.15, 0.2) is 59.4 Å². The highest BCUT2D eigenvalue weighted by Gasteiger charge is 2.06. The Hall–Kier alpha value is -2.75. The van der Waals surface area contributed by atoms with Crippen LogP contribution in [0.25, 0.3) is 21.9 Å². The van der Waals surface area contributed by atoms with Gasteiger partial charge in [0.2, 0.25) is 0 Å². The van der Waals surface area contributed by atoms with Crippen molar-refractivity contribution in [3.63, 3.8) is 0 Å². The summed E-state index contributed by atoms with van der Waals surface area (Å²) < 4.78 is 5.81. The lowest BCUT2D eigenvalue weighted by Gasteiger charge is -2.04.